The molecule has 0 aliphatic carbocycles. The normalized spacial score (nSPS) is 23.0. The van der Waals surface area contributed by atoms with E-state index in [4.69, 9.17) is 4.74 Å². The van der Waals surface area contributed by atoms with E-state index in [9.17, 15) is 14.3 Å². The van der Waals surface area contributed by atoms with Crippen LogP contribution in [0.1, 0.15) is 43.9 Å². The second-order valence-corrected chi connectivity index (χ2v) is 10.1. The number of nitrogens with zero attached hydrogens (tertiary/aromatic N) is 3. The fourth-order valence-electron chi connectivity index (χ4n) is 5.14. The fourth-order valence-corrected chi connectivity index (χ4v) is 6.04. The number of alkyl halides is 1. The summed E-state index contributed by atoms with van der Waals surface area (Å²) in [5, 5.41) is 9.36. The Kier molecular flexibility index (Phi) is 6.68. The van der Waals surface area contributed by atoms with Gasteiger partial charge in [0.25, 0.3) is 5.56 Å². The fraction of sp³-hybridized carbons (Fsp3) is 0.462. The molecular weight excluding hydrogens is 453 g/mol. The molecular formula is C26H28FN3O3S. The van der Waals surface area contributed by atoms with Gasteiger partial charge in [-0.25, -0.2) is 4.98 Å². The van der Waals surface area contributed by atoms with Crippen LogP contribution in [0.2, 0.25) is 0 Å². The molecule has 2 aromatic heterocycles. The lowest BCUT2D eigenvalue weighted by Crippen LogP contribution is -2.46. The Bertz CT molecular complexity index is 1260. The topological polar surface area (TPSA) is 67.6 Å². The van der Waals surface area contributed by atoms with E-state index < -0.39 is 6.10 Å². The highest BCUT2D eigenvalue weighted by molar-refractivity contribution is 7.19. The average Bonchev–Trinajstić information content (AvgIpc) is 3.35. The van der Waals surface area contributed by atoms with Gasteiger partial charge in [0.05, 0.1) is 22.8 Å². The maximum Gasteiger partial charge on any atom is 0.275 e. The van der Waals surface area contributed by atoms with Crippen molar-refractivity contribution in [2.24, 2.45) is 0 Å². The molecule has 1 N–H and O–H groups in total. The number of aliphatic hydroxyl groups is 1. The average molecular weight is 482 g/mol. The standard InChI is InChI=1S/C26H28FN3O3S/c1-17(31)3-10-23-15-24-25(34-23)26(32)30(16-28-24)18-6-8-21(9-7-18)33-22-13-19-4-5-20(14-22)29(19)12-2-11-27/h6-9,15-17,19-20,22,31H,2,4-5,11-14H2,1H3. The number of aliphatic hydroxyl groups excluding tert-OH is 1. The van der Waals surface area contributed by atoms with Crippen molar-refractivity contribution in [2.45, 2.75) is 63.3 Å². The van der Waals surface area contributed by atoms with E-state index in [1.807, 2.05) is 24.3 Å². The van der Waals surface area contributed by atoms with Crippen molar-refractivity contribution in [1.82, 2.24) is 14.5 Å². The van der Waals surface area contributed by atoms with E-state index in [1.54, 1.807) is 13.0 Å². The SMILES string of the molecule is CC(O)C#Cc1cc2ncn(-c3ccc(OC4CC5CCC(C4)N5CCCF)cc3)c(=O)c2s1. The molecule has 2 bridgehead atoms. The summed E-state index contributed by atoms with van der Waals surface area (Å²) in [7, 11) is 0. The third-order valence-corrected chi connectivity index (χ3v) is 7.68. The first-order valence-corrected chi connectivity index (χ1v) is 12.6. The van der Waals surface area contributed by atoms with E-state index in [0.29, 0.717) is 33.6 Å². The van der Waals surface area contributed by atoms with E-state index in [2.05, 4.69) is 21.7 Å². The van der Waals surface area contributed by atoms with Crippen molar-refractivity contribution in [3.63, 3.8) is 0 Å². The second-order valence-electron chi connectivity index (χ2n) is 9.06. The van der Waals surface area contributed by atoms with E-state index in [-0.39, 0.29) is 18.3 Å². The predicted octanol–water partition coefficient (Wildman–Crippen LogP) is 3.91. The number of aromatic nitrogens is 2. The zero-order valence-electron chi connectivity index (χ0n) is 19.1. The number of hydrogen-bond acceptors (Lipinski definition) is 6. The van der Waals surface area contributed by atoms with Crippen LogP contribution < -0.4 is 10.3 Å². The van der Waals surface area contributed by atoms with Gasteiger partial charge < -0.3 is 9.84 Å². The molecule has 5 rings (SSSR count). The lowest BCUT2D eigenvalue weighted by atomic mass is 9.99. The van der Waals surface area contributed by atoms with Crippen LogP contribution in [0.4, 0.5) is 4.39 Å². The molecule has 34 heavy (non-hydrogen) atoms. The molecule has 0 spiro atoms. The summed E-state index contributed by atoms with van der Waals surface area (Å²) < 4.78 is 21.0. The monoisotopic (exact) mass is 481 g/mol. The first-order valence-electron chi connectivity index (χ1n) is 11.8. The number of thiophene rings is 1. The first-order chi connectivity index (χ1) is 16.5. The summed E-state index contributed by atoms with van der Waals surface area (Å²) in [5.41, 5.74) is 1.18. The molecule has 2 saturated heterocycles. The van der Waals surface area contributed by atoms with Gasteiger partial charge in [0.15, 0.2) is 0 Å². The highest BCUT2D eigenvalue weighted by atomic mass is 32.1. The predicted molar refractivity (Wildman–Crippen MR) is 132 cm³/mol. The van der Waals surface area contributed by atoms with Crippen LogP contribution in [0, 0.1) is 11.8 Å². The number of piperidine rings is 1. The highest BCUT2D eigenvalue weighted by Crippen LogP contribution is 2.37. The van der Waals surface area contributed by atoms with Crippen LogP contribution >= 0.6 is 11.3 Å². The molecule has 2 aliphatic heterocycles. The van der Waals surface area contributed by atoms with Crippen molar-refractivity contribution in [2.75, 3.05) is 13.2 Å². The van der Waals surface area contributed by atoms with Gasteiger partial charge in [-0.15, -0.1) is 11.3 Å². The van der Waals surface area contributed by atoms with Crippen LogP contribution in [0.15, 0.2) is 41.5 Å². The summed E-state index contributed by atoms with van der Waals surface area (Å²) in [5.74, 6) is 6.37. The number of hydrogen-bond donors (Lipinski definition) is 1. The zero-order chi connectivity index (χ0) is 23.7. The molecule has 3 atom stereocenters. The van der Waals surface area contributed by atoms with Crippen LogP contribution in [-0.4, -0.2) is 57.1 Å². The smallest absolute Gasteiger partial charge is 0.275 e. The molecule has 0 saturated carbocycles. The van der Waals surface area contributed by atoms with Crippen molar-refractivity contribution in [1.29, 1.82) is 0 Å². The lowest BCUT2D eigenvalue weighted by Gasteiger charge is -2.38. The first kappa shape index (κ1) is 23.0. The molecule has 3 aromatic rings. The molecule has 0 radical (unpaired) electrons. The lowest BCUT2D eigenvalue weighted by molar-refractivity contribution is 0.0478. The summed E-state index contributed by atoms with van der Waals surface area (Å²) in [6, 6.07) is 10.3. The third-order valence-electron chi connectivity index (χ3n) is 6.65. The van der Waals surface area contributed by atoms with Crippen molar-refractivity contribution in [3.05, 3.63) is 51.9 Å². The van der Waals surface area contributed by atoms with E-state index in [1.165, 1.54) is 35.1 Å². The summed E-state index contributed by atoms with van der Waals surface area (Å²) in [4.78, 5) is 20.6. The van der Waals surface area contributed by atoms with Crippen LogP contribution in [0.5, 0.6) is 5.75 Å². The van der Waals surface area contributed by atoms with Crippen LogP contribution in [0.3, 0.4) is 0 Å². The number of rotatable bonds is 6. The van der Waals surface area contributed by atoms with Gasteiger partial charge in [-0.05, 0) is 69.4 Å². The number of halogens is 1. The molecule has 178 valence electrons. The van der Waals surface area contributed by atoms with Gasteiger partial charge in [-0.1, -0.05) is 11.8 Å². The summed E-state index contributed by atoms with van der Waals surface area (Å²) >= 11 is 1.28. The summed E-state index contributed by atoms with van der Waals surface area (Å²) in [6.45, 7) is 2.19. The Labute approximate surface area is 202 Å². The van der Waals surface area contributed by atoms with Gasteiger partial charge in [-0.3, -0.25) is 18.7 Å². The Morgan fingerprint density at radius 2 is 2.00 bits per heavy atom. The molecule has 0 amide bonds. The minimum Gasteiger partial charge on any atom is -0.490 e. The van der Waals surface area contributed by atoms with Crippen molar-refractivity contribution >= 4 is 21.6 Å². The summed E-state index contributed by atoms with van der Waals surface area (Å²) in [6.07, 6.45) is 5.88. The Hall–Kier alpha value is -2.73. The van der Waals surface area contributed by atoms with Crippen LogP contribution in [-0.2, 0) is 0 Å². The Balaban J connectivity index is 1.29. The zero-order valence-corrected chi connectivity index (χ0v) is 19.9. The number of benzene rings is 1. The van der Waals surface area contributed by atoms with Gasteiger partial charge in [0.1, 0.15) is 29.0 Å². The number of ether oxygens (including phenoxy) is 1. The Morgan fingerprint density at radius 1 is 1.26 bits per heavy atom. The second kappa shape index (κ2) is 9.87. The highest BCUT2D eigenvalue weighted by Gasteiger charge is 2.41. The largest absolute Gasteiger partial charge is 0.490 e. The number of fused-ring (bicyclic) bond motifs is 3. The molecule has 3 unspecified atom stereocenters. The van der Waals surface area contributed by atoms with Crippen molar-refractivity contribution in [3.8, 4) is 23.3 Å². The van der Waals surface area contributed by atoms with Gasteiger partial charge in [0, 0.05) is 18.6 Å². The minimum absolute atomic E-state index is 0.147. The maximum absolute atomic E-state index is 13.0. The molecule has 2 aliphatic rings. The molecule has 8 heteroatoms. The van der Waals surface area contributed by atoms with Crippen molar-refractivity contribution < 1.29 is 14.2 Å². The van der Waals surface area contributed by atoms with Gasteiger partial charge >= 0.3 is 0 Å². The maximum atomic E-state index is 13.0. The van der Waals surface area contributed by atoms with Gasteiger partial charge in [-0.2, -0.15) is 0 Å². The van der Waals surface area contributed by atoms with Crippen LogP contribution in [0.25, 0.3) is 15.9 Å². The van der Waals surface area contributed by atoms with E-state index in [0.717, 1.165) is 30.8 Å². The third kappa shape index (κ3) is 4.74. The molecule has 1 aromatic carbocycles. The minimum atomic E-state index is -0.723. The Morgan fingerprint density at radius 3 is 2.68 bits per heavy atom. The van der Waals surface area contributed by atoms with Gasteiger partial charge in [0.2, 0.25) is 0 Å². The quantitative estimate of drug-likeness (QED) is 0.541. The molecule has 4 heterocycles. The molecule has 2 fully saturated rings. The molecule has 6 nitrogen and oxygen atoms in total. The van der Waals surface area contributed by atoms with E-state index >= 15 is 0 Å².